The van der Waals surface area contributed by atoms with E-state index in [4.69, 9.17) is 4.74 Å². The van der Waals surface area contributed by atoms with E-state index < -0.39 is 0 Å². The molecule has 0 atom stereocenters. The van der Waals surface area contributed by atoms with E-state index in [0.717, 1.165) is 40.6 Å². The second-order valence-corrected chi connectivity index (χ2v) is 7.69. The number of rotatable bonds is 6. The van der Waals surface area contributed by atoms with E-state index in [1.54, 1.807) is 7.11 Å². The minimum absolute atomic E-state index is 0.00860. The summed E-state index contributed by atoms with van der Waals surface area (Å²) < 4.78 is 6.18. The summed E-state index contributed by atoms with van der Waals surface area (Å²) in [5.41, 5.74) is 1.87. The minimum Gasteiger partial charge on any atom is -0.497 e. The van der Waals surface area contributed by atoms with Crippen LogP contribution in [0.4, 0.5) is 0 Å². The summed E-state index contributed by atoms with van der Waals surface area (Å²) in [4.78, 5) is 27.1. The van der Waals surface area contributed by atoms with E-state index in [1.807, 2.05) is 53.4 Å². The molecule has 0 spiro atoms. The van der Waals surface area contributed by atoms with Crippen molar-refractivity contribution in [2.24, 2.45) is 5.92 Å². The molecule has 142 valence electrons. The topological polar surface area (TPSA) is 46.6 Å². The summed E-state index contributed by atoms with van der Waals surface area (Å²) in [6.45, 7) is 1.31. The number of nitrogens with zero attached hydrogens (tertiary/aromatic N) is 1. The normalized spacial score (nSPS) is 14.8. The zero-order chi connectivity index (χ0) is 19.2. The molecule has 0 aromatic heterocycles. The van der Waals surface area contributed by atoms with Crippen LogP contribution in [0.25, 0.3) is 0 Å². The molecule has 1 saturated heterocycles. The SMILES string of the molecule is COc1ccc(C(=O)C2CCN(C(=O)CCc3ccccc3Br)CC2)cc1. The number of ether oxygens (including phenoxy) is 1. The van der Waals surface area contributed by atoms with Gasteiger partial charge in [-0.05, 0) is 55.2 Å². The lowest BCUT2D eigenvalue weighted by Gasteiger charge is -2.31. The van der Waals surface area contributed by atoms with E-state index in [2.05, 4.69) is 15.9 Å². The Bertz CT molecular complexity index is 795. The first-order chi connectivity index (χ1) is 13.1. The Labute approximate surface area is 168 Å². The quantitative estimate of drug-likeness (QED) is 0.634. The van der Waals surface area contributed by atoms with E-state index in [0.29, 0.717) is 19.5 Å². The third kappa shape index (κ3) is 4.98. The van der Waals surface area contributed by atoms with Gasteiger partial charge in [-0.1, -0.05) is 34.1 Å². The maximum absolute atomic E-state index is 12.7. The monoisotopic (exact) mass is 429 g/mol. The molecule has 0 radical (unpaired) electrons. The lowest BCUT2D eigenvalue weighted by Crippen LogP contribution is -2.40. The van der Waals surface area contributed by atoms with Crippen LogP contribution >= 0.6 is 15.9 Å². The Kier molecular flexibility index (Phi) is 6.67. The van der Waals surface area contributed by atoms with Crippen LogP contribution in [-0.4, -0.2) is 36.8 Å². The van der Waals surface area contributed by atoms with Crippen LogP contribution < -0.4 is 4.74 Å². The van der Waals surface area contributed by atoms with Gasteiger partial charge in [-0.3, -0.25) is 9.59 Å². The lowest BCUT2D eigenvalue weighted by molar-refractivity contribution is -0.132. The van der Waals surface area contributed by atoms with E-state index in [-0.39, 0.29) is 17.6 Å². The molecule has 0 N–H and O–H groups in total. The van der Waals surface area contributed by atoms with Crippen LogP contribution in [0.5, 0.6) is 5.75 Å². The highest BCUT2D eigenvalue weighted by Crippen LogP contribution is 2.24. The van der Waals surface area contributed by atoms with Gasteiger partial charge >= 0.3 is 0 Å². The first-order valence-electron chi connectivity index (χ1n) is 9.28. The number of benzene rings is 2. The van der Waals surface area contributed by atoms with Crippen LogP contribution in [0.2, 0.25) is 0 Å². The number of ketones is 1. The van der Waals surface area contributed by atoms with Crippen LogP contribution in [0.1, 0.15) is 35.2 Å². The second-order valence-electron chi connectivity index (χ2n) is 6.84. The maximum atomic E-state index is 12.7. The fraction of sp³-hybridized carbons (Fsp3) is 0.364. The van der Waals surface area contributed by atoms with Gasteiger partial charge in [0.2, 0.25) is 5.91 Å². The van der Waals surface area contributed by atoms with Gasteiger partial charge < -0.3 is 9.64 Å². The molecule has 3 rings (SSSR count). The number of amides is 1. The number of hydrogen-bond donors (Lipinski definition) is 0. The minimum atomic E-state index is -0.00860. The van der Waals surface area contributed by atoms with Crippen LogP contribution in [0.3, 0.4) is 0 Å². The molecule has 2 aromatic carbocycles. The highest BCUT2D eigenvalue weighted by molar-refractivity contribution is 9.10. The number of carbonyl (C=O) groups excluding carboxylic acids is 2. The fourth-order valence-corrected chi connectivity index (χ4v) is 3.97. The van der Waals surface area contributed by atoms with Crippen molar-refractivity contribution in [3.63, 3.8) is 0 Å². The number of piperidine rings is 1. The van der Waals surface area contributed by atoms with Gasteiger partial charge in [0.15, 0.2) is 5.78 Å². The number of likely N-dealkylation sites (tertiary alicyclic amines) is 1. The molecule has 4 nitrogen and oxygen atoms in total. The summed E-state index contributed by atoms with van der Waals surface area (Å²) >= 11 is 3.53. The molecule has 1 aliphatic rings. The Morgan fingerprint density at radius 2 is 1.74 bits per heavy atom. The molecular weight excluding hydrogens is 406 g/mol. The van der Waals surface area contributed by atoms with Crippen molar-refractivity contribution in [2.75, 3.05) is 20.2 Å². The fourth-order valence-electron chi connectivity index (χ4n) is 3.48. The molecule has 0 saturated carbocycles. The van der Waals surface area contributed by atoms with Crippen molar-refractivity contribution in [1.82, 2.24) is 4.90 Å². The van der Waals surface area contributed by atoms with Gasteiger partial charge in [0.25, 0.3) is 0 Å². The molecule has 0 unspecified atom stereocenters. The predicted molar refractivity (Wildman–Crippen MR) is 109 cm³/mol. The van der Waals surface area contributed by atoms with Crippen molar-refractivity contribution in [2.45, 2.75) is 25.7 Å². The lowest BCUT2D eigenvalue weighted by atomic mass is 9.88. The average Bonchev–Trinajstić information content (AvgIpc) is 2.72. The van der Waals surface area contributed by atoms with E-state index >= 15 is 0 Å². The van der Waals surface area contributed by atoms with Gasteiger partial charge in [-0.25, -0.2) is 0 Å². The smallest absolute Gasteiger partial charge is 0.222 e. The first-order valence-corrected chi connectivity index (χ1v) is 10.1. The molecular formula is C22H24BrNO3. The van der Waals surface area contributed by atoms with Gasteiger partial charge in [-0.15, -0.1) is 0 Å². The van der Waals surface area contributed by atoms with E-state index in [9.17, 15) is 9.59 Å². The zero-order valence-electron chi connectivity index (χ0n) is 15.5. The van der Waals surface area contributed by atoms with Gasteiger partial charge in [0.05, 0.1) is 7.11 Å². The maximum Gasteiger partial charge on any atom is 0.222 e. The number of halogens is 1. The largest absolute Gasteiger partial charge is 0.497 e. The number of carbonyl (C=O) groups is 2. The van der Waals surface area contributed by atoms with Gasteiger partial charge in [0.1, 0.15) is 5.75 Å². The standard InChI is InChI=1S/C22H24BrNO3/c1-27-19-9-6-17(7-10-19)22(26)18-12-14-24(15-13-18)21(25)11-8-16-4-2-3-5-20(16)23/h2-7,9-10,18H,8,11-15H2,1H3. The van der Waals surface area contributed by atoms with Crippen molar-refractivity contribution in [1.29, 1.82) is 0 Å². The molecule has 1 heterocycles. The van der Waals surface area contributed by atoms with E-state index in [1.165, 1.54) is 0 Å². The molecule has 0 bridgehead atoms. The zero-order valence-corrected chi connectivity index (χ0v) is 17.1. The summed E-state index contributed by atoms with van der Waals surface area (Å²) in [5, 5.41) is 0. The van der Waals surface area contributed by atoms with Crippen molar-refractivity contribution in [3.8, 4) is 5.75 Å². The molecule has 0 aliphatic carbocycles. The predicted octanol–water partition coefficient (Wildman–Crippen LogP) is 4.51. The van der Waals surface area contributed by atoms with Crippen LogP contribution in [0.15, 0.2) is 53.0 Å². The third-order valence-electron chi connectivity index (χ3n) is 5.16. The summed E-state index contributed by atoms with van der Waals surface area (Å²) in [7, 11) is 1.61. The summed E-state index contributed by atoms with van der Waals surface area (Å²) in [5.74, 6) is 1.07. The molecule has 5 heteroatoms. The first kappa shape index (κ1) is 19.6. The van der Waals surface area contributed by atoms with Crippen molar-refractivity contribution in [3.05, 3.63) is 64.1 Å². The van der Waals surface area contributed by atoms with Crippen molar-refractivity contribution >= 4 is 27.6 Å². The number of Topliss-reactive ketones (excluding diaryl/α,β-unsaturated/α-hetero) is 1. The average molecular weight is 430 g/mol. The Balaban J connectivity index is 1.49. The second kappa shape index (κ2) is 9.18. The molecule has 1 aliphatic heterocycles. The molecule has 2 aromatic rings. The van der Waals surface area contributed by atoms with Crippen molar-refractivity contribution < 1.29 is 14.3 Å². The highest BCUT2D eigenvalue weighted by atomic mass is 79.9. The molecule has 1 fully saturated rings. The summed E-state index contributed by atoms with van der Waals surface area (Å²) in [6, 6.07) is 15.3. The number of aryl methyl sites for hydroxylation is 1. The third-order valence-corrected chi connectivity index (χ3v) is 5.93. The molecule has 1 amide bonds. The highest BCUT2D eigenvalue weighted by Gasteiger charge is 2.27. The Hall–Kier alpha value is -2.14. The number of hydrogen-bond acceptors (Lipinski definition) is 3. The summed E-state index contributed by atoms with van der Waals surface area (Å²) in [6.07, 6.45) is 2.68. The van der Waals surface area contributed by atoms with Crippen LogP contribution in [0, 0.1) is 5.92 Å². The number of methoxy groups -OCH3 is 1. The Morgan fingerprint density at radius 3 is 2.37 bits per heavy atom. The molecule has 27 heavy (non-hydrogen) atoms. The van der Waals surface area contributed by atoms with Gasteiger partial charge in [-0.2, -0.15) is 0 Å². The van der Waals surface area contributed by atoms with Crippen LogP contribution in [-0.2, 0) is 11.2 Å². The van der Waals surface area contributed by atoms with Gasteiger partial charge in [0, 0.05) is 35.5 Å². The Morgan fingerprint density at radius 1 is 1.07 bits per heavy atom.